The number of benzene rings is 1. The van der Waals surface area contributed by atoms with Crippen molar-refractivity contribution in [2.24, 2.45) is 0 Å². The number of anilines is 1. The molecule has 0 saturated carbocycles. The van der Waals surface area contributed by atoms with Crippen molar-refractivity contribution in [2.45, 2.75) is 26.8 Å². The summed E-state index contributed by atoms with van der Waals surface area (Å²) in [6, 6.07) is 5.98. The second kappa shape index (κ2) is 6.39. The highest BCUT2D eigenvalue weighted by Crippen LogP contribution is 2.21. The van der Waals surface area contributed by atoms with Crippen LogP contribution in [0.25, 0.3) is 0 Å². The van der Waals surface area contributed by atoms with Crippen molar-refractivity contribution in [3.8, 4) is 0 Å². The van der Waals surface area contributed by atoms with E-state index in [4.69, 9.17) is 9.63 Å². The molecular formula is C15H17FN2O3. The summed E-state index contributed by atoms with van der Waals surface area (Å²) in [5.41, 5.74) is 2.46. The number of hydrogen-bond donors (Lipinski definition) is 1. The van der Waals surface area contributed by atoms with Crippen molar-refractivity contribution in [3.05, 3.63) is 47.1 Å². The highest BCUT2D eigenvalue weighted by atomic mass is 19.1. The van der Waals surface area contributed by atoms with Gasteiger partial charge in [0, 0.05) is 24.3 Å². The second-order valence-electron chi connectivity index (χ2n) is 4.84. The zero-order chi connectivity index (χ0) is 15.4. The third-order valence-electron chi connectivity index (χ3n) is 3.32. The Morgan fingerprint density at radius 2 is 2.00 bits per heavy atom. The highest BCUT2D eigenvalue weighted by molar-refractivity contribution is 5.67. The Hall–Kier alpha value is -2.37. The molecular weight excluding hydrogens is 275 g/mol. The predicted octanol–water partition coefficient (Wildman–Crippen LogP) is 2.91. The van der Waals surface area contributed by atoms with Crippen molar-refractivity contribution in [3.63, 3.8) is 0 Å². The molecule has 0 fully saturated rings. The average molecular weight is 292 g/mol. The van der Waals surface area contributed by atoms with Gasteiger partial charge in [-0.3, -0.25) is 4.79 Å². The van der Waals surface area contributed by atoms with Gasteiger partial charge in [0.15, 0.2) is 0 Å². The van der Waals surface area contributed by atoms with Crippen LogP contribution in [0, 0.1) is 19.7 Å². The van der Waals surface area contributed by atoms with Crippen LogP contribution in [0.1, 0.15) is 23.4 Å². The molecule has 0 bridgehead atoms. The van der Waals surface area contributed by atoms with Crippen LogP contribution in [0.15, 0.2) is 28.8 Å². The van der Waals surface area contributed by atoms with E-state index in [0.29, 0.717) is 18.8 Å². The summed E-state index contributed by atoms with van der Waals surface area (Å²) in [6.45, 7) is 4.45. The second-order valence-corrected chi connectivity index (χ2v) is 4.84. The van der Waals surface area contributed by atoms with Crippen molar-refractivity contribution >= 4 is 11.7 Å². The molecule has 21 heavy (non-hydrogen) atoms. The maximum atomic E-state index is 13.0. The lowest BCUT2D eigenvalue weighted by atomic mass is 10.1. The van der Waals surface area contributed by atoms with Gasteiger partial charge in [-0.05, 0) is 38.1 Å². The molecule has 0 atom stereocenters. The summed E-state index contributed by atoms with van der Waals surface area (Å²) in [7, 11) is 0. The molecule has 1 heterocycles. The van der Waals surface area contributed by atoms with E-state index in [1.807, 2.05) is 18.7 Å². The zero-order valence-corrected chi connectivity index (χ0v) is 12.0. The van der Waals surface area contributed by atoms with E-state index in [2.05, 4.69) is 5.16 Å². The van der Waals surface area contributed by atoms with Crippen molar-refractivity contribution in [2.75, 3.05) is 11.4 Å². The van der Waals surface area contributed by atoms with Crippen LogP contribution in [-0.2, 0) is 11.3 Å². The van der Waals surface area contributed by atoms with Gasteiger partial charge in [-0.2, -0.15) is 0 Å². The van der Waals surface area contributed by atoms with E-state index in [1.165, 1.54) is 12.1 Å². The Bertz CT molecular complexity index is 603. The Kier molecular flexibility index (Phi) is 4.57. The molecule has 1 aromatic carbocycles. The normalized spacial score (nSPS) is 10.6. The fourth-order valence-electron chi connectivity index (χ4n) is 2.10. The van der Waals surface area contributed by atoms with Gasteiger partial charge in [0.2, 0.25) is 0 Å². The summed E-state index contributed by atoms with van der Waals surface area (Å²) in [5, 5.41) is 12.8. The lowest BCUT2D eigenvalue weighted by Gasteiger charge is -2.24. The van der Waals surface area contributed by atoms with E-state index >= 15 is 0 Å². The Labute approximate surface area is 122 Å². The van der Waals surface area contributed by atoms with Crippen molar-refractivity contribution in [1.29, 1.82) is 0 Å². The van der Waals surface area contributed by atoms with Gasteiger partial charge in [-0.1, -0.05) is 5.16 Å². The lowest BCUT2D eigenvalue weighted by Crippen LogP contribution is -2.26. The molecule has 0 spiro atoms. The number of aliphatic carboxylic acids is 1. The van der Waals surface area contributed by atoms with Crippen LogP contribution in [0.4, 0.5) is 10.1 Å². The van der Waals surface area contributed by atoms with E-state index < -0.39 is 5.97 Å². The number of carboxylic acids is 1. The third-order valence-corrected chi connectivity index (χ3v) is 3.32. The maximum absolute atomic E-state index is 13.0. The molecule has 0 radical (unpaired) electrons. The molecule has 0 saturated heterocycles. The average Bonchev–Trinajstić information content (AvgIpc) is 2.75. The molecule has 2 aromatic rings. The molecule has 1 aromatic heterocycles. The Balaban J connectivity index is 2.23. The minimum absolute atomic E-state index is 0.000746. The molecule has 112 valence electrons. The summed E-state index contributed by atoms with van der Waals surface area (Å²) in [4.78, 5) is 12.7. The fraction of sp³-hybridized carbons (Fsp3) is 0.333. The predicted molar refractivity (Wildman–Crippen MR) is 75.7 cm³/mol. The zero-order valence-electron chi connectivity index (χ0n) is 12.0. The van der Waals surface area contributed by atoms with Gasteiger partial charge in [-0.15, -0.1) is 0 Å². The van der Waals surface area contributed by atoms with Crippen molar-refractivity contribution < 1.29 is 18.8 Å². The van der Waals surface area contributed by atoms with Crippen LogP contribution in [-0.4, -0.2) is 22.8 Å². The van der Waals surface area contributed by atoms with E-state index in [-0.39, 0.29) is 12.2 Å². The molecule has 0 aliphatic heterocycles. The maximum Gasteiger partial charge on any atom is 0.305 e. The number of aryl methyl sites for hydroxylation is 2. The first-order valence-corrected chi connectivity index (χ1v) is 6.61. The summed E-state index contributed by atoms with van der Waals surface area (Å²) in [6.07, 6.45) is 0.000746. The summed E-state index contributed by atoms with van der Waals surface area (Å²) in [5.74, 6) is -0.495. The molecule has 0 aliphatic rings. The Morgan fingerprint density at radius 1 is 1.33 bits per heavy atom. The molecule has 0 amide bonds. The number of nitrogens with zero attached hydrogens (tertiary/aromatic N) is 2. The van der Waals surface area contributed by atoms with Crippen LogP contribution < -0.4 is 4.90 Å². The molecule has 6 heteroatoms. The number of rotatable bonds is 6. The van der Waals surface area contributed by atoms with Gasteiger partial charge in [0.25, 0.3) is 0 Å². The van der Waals surface area contributed by atoms with Gasteiger partial charge in [0.1, 0.15) is 11.6 Å². The Morgan fingerprint density at radius 3 is 2.52 bits per heavy atom. The molecule has 0 aliphatic carbocycles. The number of carbonyl (C=O) groups is 1. The monoisotopic (exact) mass is 292 g/mol. The number of aromatic nitrogens is 1. The quantitative estimate of drug-likeness (QED) is 0.886. The molecule has 1 N–H and O–H groups in total. The van der Waals surface area contributed by atoms with Gasteiger partial charge < -0.3 is 14.5 Å². The first-order chi connectivity index (χ1) is 9.97. The van der Waals surface area contributed by atoms with Crippen molar-refractivity contribution in [1.82, 2.24) is 5.16 Å². The first kappa shape index (κ1) is 15.0. The minimum Gasteiger partial charge on any atom is -0.481 e. The smallest absolute Gasteiger partial charge is 0.305 e. The van der Waals surface area contributed by atoms with Crippen LogP contribution in [0.2, 0.25) is 0 Å². The SMILES string of the molecule is Cc1noc(C)c1CN(CCC(=O)O)c1ccc(F)cc1. The highest BCUT2D eigenvalue weighted by Gasteiger charge is 2.15. The largest absolute Gasteiger partial charge is 0.481 e. The minimum atomic E-state index is -0.874. The standard InChI is InChI=1S/C15H17FN2O3/c1-10-14(11(2)21-17-10)9-18(8-7-15(19)20)13-5-3-12(16)4-6-13/h3-6H,7-9H2,1-2H3,(H,19,20). The molecule has 0 unspecified atom stereocenters. The van der Waals surface area contributed by atoms with Gasteiger partial charge in [0.05, 0.1) is 12.1 Å². The lowest BCUT2D eigenvalue weighted by molar-refractivity contribution is -0.136. The van der Waals surface area contributed by atoms with Gasteiger partial charge in [-0.25, -0.2) is 4.39 Å². The number of halogens is 1. The topological polar surface area (TPSA) is 66.6 Å². The van der Waals surface area contributed by atoms with Crippen LogP contribution in [0.5, 0.6) is 0 Å². The summed E-state index contributed by atoms with van der Waals surface area (Å²) < 4.78 is 18.2. The van der Waals surface area contributed by atoms with E-state index in [9.17, 15) is 9.18 Å². The number of carboxylic acid groups (broad SMARTS) is 1. The first-order valence-electron chi connectivity index (χ1n) is 6.61. The van der Waals surface area contributed by atoms with E-state index in [1.54, 1.807) is 12.1 Å². The van der Waals surface area contributed by atoms with Gasteiger partial charge >= 0.3 is 5.97 Å². The van der Waals surface area contributed by atoms with E-state index in [0.717, 1.165) is 16.9 Å². The fourth-order valence-corrected chi connectivity index (χ4v) is 2.10. The number of hydrogen-bond acceptors (Lipinski definition) is 4. The molecule has 5 nitrogen and oxygen atoms in total. The summed E-state index contributed by atoms with van der Waals surface area (Å²) >= 11 is 0. The van der Waals surface area contributed by atoms with Crippen LogP contribution >= 0.6 is 0 Å². The van der Waals surface area contributed by atoms with Crippen LogP contribution in [0.3, 0.4) is 0 Å². The third kappa shape index (κ3) is 3.81. The molecule has 2 rings (SSSR count).